The topological polar surface area (TPSA) is 69.1 Å². The number of aromatic nitrogens is 5. The Balaban J connectivity index is 1.21. The summed E-state index contributed by atoms with van der Waals surface area (Å²) >= 11 is 0. The van der Waals surface area contributed by atoms with Crippen LogP contribution in [0.5, 0.6) is 0 Å². The smallest absolute Gasteiger partial charge is 0.164 e. The summed E-state index contributed by atoms with van der Waals surface area (Å²) < 4.78 is 8.90. The maximum Gasteiger partial charge on any atom is 0.164 e. The van der Waals surface area contributed by atoms with E-state index in [4.69, 9.17) is 24.4 Å². The van der Waals surface area contributed by atoms with Crippen LogP contribution in [-0.4, -0.2) is 24.3 Å². The molecular formula is C42H25N5O. The van der Waals surface area contributed by atoms with Crippen LogP contribution in [0.15, 0.2) is 156 Å². The van der Waals surface area contributed by atoms with Crippen LogP contribution in [-0.2, 0) is 0 Å². The van der Waals surface area contributed by atoms with E-state index in [1.165, 1.54) is 0 Å². The molecule has 4 aromatic heterocycles. The lowest BCUT2D eigenvalue weighted by molar-refractivity contribution is 0.670. The van der Waals surface area contributed by atoms with Gasteiger partial charge in [0, 0.05) is 33.0 Å². The highest BCUT2D eigenvalue weighted by atomic mass is 16.3. The average molecular weight is 616 g/mol. The van der Waals surface area contributed by atoms with Crippen molar-refractivity contribution in [2.45, 2.75) is 0 Å². The second-order valence-corrected chi connectivity index (χ2v) is 11.9. The van der Waals surface area contributed by atoms with Gasteiger partial charge in [0.25, 0.3) is 0 Å². The Hall–Kier alpha value is -6.66. The number of pyridine rings is 1. The fourth-order valence-electron chi connectivity index (χ4n) is 6.80. The number of nitrogens with zero attached hydrogens (tertiary/aromatic N) is 5. The van der Waals surface area contributed by atoms with Crippen LogP contribution >= 0.6 is 0 Å². The van der Waals surface area contributed by atoms with Gasteiger partial charge in [0.15, 0.2) is 17.5 Å². The second-order valence-electron chi connectivity index (χ2n) is 11.9. The summed E-state index contributed by atoms with van der Waals surface area (Å²) in [5.74, 6) is 1.84. The molecule has 0 aliphatic rings. The van der Waals surface area contributed by atoms with E-state index in [1.807, 2.05) is 84.9 Å². The van der Waals surface area contributed by atoms with Gasteiger partial charge in [0.1, 0.15) is 16.8 Å². The van der Waals surface area contributed by atoms with Gasteiger partial charge in [0.2, 0.25) is 0 Å². The molecule has 48 heavy (non-hydrogen) atoms. The van der Waals surface area contributed by atoms with Crippen molar-refractivity contribution in [3.8, 4) is 45.3 Å². The maximum atomic E-state index is 6.67. The van der Waals surface area contributed by atoms with Crippen LogP contribution in [0.3, 0.4) is 0 Å². The van der Waals surface area contributed by atoms with Crippen LogP contribution in [0.1, 0.15) is 0 Å². The molecule has 0 aliphatic heterocycles. The van der Waals surface area contributed by atoms with Crippen molar-refractivity contribution >= 4 is 49.5 Å². The van der Waals surface area contributed by atoms with Gasteiger partial charge in [-0.05, 0) is 65.5 Å². The first-order valence-electron chi connectivity index (χ1n) is 15.9. The van der Waals surface area contributed by atoms with E-state index >= 15 is 0 Å². The van der Waals surface area contributed by atoms with Crippen molar-refractivity contribution in [3.63, 3.8) is 0 Å². The lowest BCUT2D eigenvalue weighted by Gasteiger charge is -2.11. The van der Waals surface area contributed by atoms with Crippen molar-refractivity contribution in [2.24, 2.45) is 0 Å². The van der Waals surface area contributed by atoms with Gasteiger partial charge < -0.3 is 4.42 Å². The van der Waals surface area contributed by atoms with Gasteiger partial charge in [-0.25, -0.2) is 19.9 Å². The van der Waals surface area contributed by atoms with Gasteiger partial charge in [-0.15, -0.1) is 0 Å². The zero-order chi connectivity index (χ0) is 31.6. The molecule has 0 saturated heterocycles. The van der Waals surface area contributed by atoms with Crippen LogP contribution < -0.4 is 0 Å². The molecule has 10 rings (SSSR count). The third kappa shape index (κ3) is 4.13. The molecule has 0 spiro atoms. The van der Waals surface area contributed by atoms with Crippen LogP contribution in [0, 0.1) is 0 Å². The molecule has 0 atom stereocenters. The Kier molecular flexibility index (Phi) is 5.77. The third-order valence-electron chi connectivity index (χ3n) is 9.04. The number of hydrogen-bond acceptors (Lipinski definition) is 5. The van der Waals surface area contributed by atoms with Crippen LogP contribution in [0.4, 0.5) is 0 Å². The first-order valence-corrected chi connectivity index (χ1v) is 15.9. The fourth-order valence-corrected chi connectivity index (χ4v) is 6.80. The highest BCUT2D eigenvalue weighted by molar-refractivity contribution is 6.16. The van der Waals surface area contributed by atoms with Gasteiger partial charge in [-0.2, -0.15) is 0 Å². The molecule has 0 aliphatic carbocycles. The van der Waals surface area contributed by atoms with Crippen molar-refractivity contribution in [3.05, 3.63) is 152 Å². The van der Waals surface area contributed by atoms with Gasteiger partial charge in [0.05, 0.1) is 16.6 Å². The highest BCUT2D eigenvalue weighted by Gasteiger charge is 2.21. The molecule has 10 aromatic rings. The van der Waals surface area contributed by atoms with E-state index in [-0.39, 0.29) is 0 Å². The predicted molar refractivity (Wildman–Crippen MR) is 193 cm³/mol. The van der Waals surface area contributed by atoms with E-state index < -0.39 is 0 Å². The molecule has 0 amide bonds. The van der Waals surface area contributed by atoms with E-state index in [0.29, 0.717) is 17.5 Å². The summed E-state index contributed by atoms with van der Waals surface area (Å²) in [5.41, 5.74) is 10.5. The van der Waals surface area contributed by atoms with Crippen LogP contribution in [0.25, 0.3) is 94.8 Å². The molecule has 0 unspecified atom stereocenters. The number of benzene rings is 6. The number of imidazole rings is 1. The van der Waals surface area contributed by atoms with E-state index in [0.717, 1.165) is 77.3 Å². The zero-order valence-electron chi connectivity index (χ0n) is 25.6. The molecular weight excluding hydrogens is 590 g/mol. The Morgan fingerprint density at radius 3 is 1.92 bits per heavy atom. The van der Waals surface area contributed by atoms with Crippen molar-refractivity contribution < 1.29 is 4.42 Å². The average Bonchev–Trinajstić information content (AvgIpc) is 3.74. The maximum absolute atomic E-state index is 6.67. The minimum atomic E-state index is 0.596. The number of fused-ring (bicyclic) bond motifs is 8. The molecule has 224 valence electrons. The number of furan rings is 1. The number of rotatable bonds is 4. The van der Waals surface area contributed by atoms with E-state index in [2.05, 4.69) is 71.1 Å². The van der Waals surface area contributed by atoms with Gasteiger partial charge in [-0.3, -0.25) is 4.40 Å². The Labute approximate surface area is 274 Å². The summed E-state index contributed by atoms with van der Waals surface area (Å²) in [6, 6.07) is 51.6. The summed E-state index contributed by atoms with van der Waals surface area (Å²) in [4.78, 5) is 19.9. The van der Waals surface area contributed by atoms with Gasteiger partial charge in [-0.1, -0.05) is 97.1 Å². The molecule has 0 fully saturated rings. The van der Waals surface area contributed by atoms with E-state index in [1.54, 1.807) is 0 Å². The summed E-state index contributed by atoms with van der Waals surface area (Å²) in [7, 11) is 0. The zero-order valence-corrected chi connectivity index (χ0v) is 25.6. The Morgan fingerprint density at radius 1 is 0.458 bits per heavy atom. The third-order valence-corrected chi connectivity index (χ3v) is 9.04. The minimum Gasteiger partial charge on any atom is -0.455 e. The fraction of sp³-hybridized carbons (Fsp3) is 0. The largest absolute Gasteiger partial charge is 0.455 e. The molecule has 4 heterocycles. The monoisotopic (exact) mass is 615 g/mol. The summed E-state index contributed by atoms with van der Waals surface area (Å²) in [5, 5.41) is 3.11. The lowest BCUT2D eigenvalue weighted by atomic mass is 9.97. The molecule has 0 N–H and O–H groups in total. The molecule has 0 saturated carbocycles. The second kappa shape index (κ2) is 10.4. The Bertz CT molecular complexity index is 2780. The van der Waals surface area contributed by atoms with Gasteiger partial charge >= 0.3 is 0 Å². The molecule has 6 aromatic carbocycles. The first-order chi connectivity index (χ1) is 23.8. The predicted octanol–water partition coefficient (Wildman–Crippen LogP) is 10.4. The quantitative estimate of drug-likeness (QED) is 0.197. The lowest BCUT2D eigenvalue weighted by Crippen LogP contribution is -2.00. The Morgan fingerprint density at radius 2 is 1.12 bits per heavy atom. The minimum absolute atomic E-state index is 0.596. The van der Waals surface area contributed by atoms with Crippen molar-refractivity contribution in [1.29, 1.82) is 0 Å². The highest BCUT2D eigenvalue weighted by Crippen LogP contribution is 2.42. The molecule has 0 radical (unpaired) electrons. The summed E-state index contributed by atoms with van der Waals surface area (Å²) in [6.07, 6.45) is 0. The van der Waals surface area contributed by atoms with E-state index in [9.17, 15) is 0 Å². The van der Waals surface area contributed by atoms with Crippen molar-refractivity contribution in [2.75, 3.05) is 0 Å². The normalized spacial score (nSPS) is 11.8. The van der Waals surface area contributed by atoms with Crippen molar-refractivity contribution in [1.82, 2.24) is 24.3 Å². The SMILES string of the molecule is c1ccc(-c2nc(-c3ccccc3)nc(-c3ccc(-c4ccc5c(ccc6nc7ccccc7n65)c4)c4oc5ccccc5c34)n2)cc1. The number of para-hydroxylation sites is 3. The van der Waals surface area contributed by atoms with Crippen LogP contribution in [0.2, 0.25) is 0 Å². The molecule has 6 nitrogen and oxygen atoms in total. The molecule has 0 bridgehead atoms. The summed E-state index contributed by atoms with van der Waals surface area (Å²) in [6.45, 7) is 0. The number of hydrogen-bond donors (Lipinski definition) is 0. The first kappa shape index (κ1) is 26.5. The standard InChI is InChI=1S/C42H25N5O/c1-3-11-26(12-4-1)40-44-41(27-13-5-2-6-14-27)46-42(45-40)32-22-21-30(39-38(32)31-15-7-10-18-36(31)48-39)28-19-23-34-29(25-28)20-24-37-43-33-16-8-9-17-35(33)47(34)37/h1-25H. The molecule has 6 heteroatoms.